The van der Waals surface area contributed by atoms with Gasteiger partial charge >= 0.3 is 18.9 Å². The number of carbonyl (C=O) groups excluding carboxylic acids is 2. The number of carboxylic acids is 1. The Morgan fingerprint density at radius 2 is 1.93 bits per heavy atom. The maximum Gasteiger partial charge on any atom is 1.00 e. The predicted octanol–water partition coefficient (Wildman–Crippen LogP) is -3.60. The Morgan fingerprint density at radius 1 is 1.36 bits per heavy atom. The summed E-state index contributed by atoms with van der Waals surface area (Å²) in [7, 11) is 0. The van der Waals surface area contributed by atoms with Crippen molar-refractivity contribution in [1.82, 2.24) is 0 Å². The summed E-state index contributed by atoms with van der Waals surface area (Å²) in [5.74, 6) is -1.28. The van der Waals surface area contributed by atoms with E-state index in [1.165, 1.54) is 0 Å². The Hall–Kier alpha value is -1.24. The van der Waals surface area contributed by atoms with Gasteiger partial charge in [0, 0.05) is 5.69 Å². The van der Waals surface area contributed by atoms with Crippen molar-refractivity contribution in [2.24, 2.45) is 0 Å². The first-order chi connectivity index (χ1) is 6.24. The summed E-state index contributed by atoms with van der Waals surface area (Å²) in [6.07, 6.45) is 0.463. The Labute approximate surface area is 93.7 Å². The summed E-state index contributed by atoms with van der Waals surface area (Å²) in [6, 6.07) is 8.53. The van der Waals surface area contributed by atoms with Crippen LogP contribution in [0.15, 0.2) is 30.3 Å². The number of para-hydroxylation sites is 1. The summed E-state index contributed by atoms with van der Waals surface area (Å²) < 4.78 is 0. The molecule has 68 valence electrons. The molecule has 14 heavy (non-hydrogen) atoms. The molecule has 1 aromatic carbocycles. The van der Waals surface area contributed by atoms with Crippen molar-refractivity contribution in [1.29, 1.82) is 0 Å². The second kappa shape index (κ2) is 6.25. The molecule has 0 atom stereocenters. The first-order valence-electron chi connectivity index (χ1n) is 3.71. The first kappa shape index (κ1) is 12.8. The molecule has 0 aliphatic heterocycles. The zero-order chi connectivity index (χ0) is 9.68. The minimum Gasteiger partial charge on any atom is -0.548 e. The Kier molecular flexibility index (Phi) is 5.69. The van der Waals surface area contributed by atoms with Crippen LogP contribution in [0.5, 0.6) is 0 Å². The summed E-state index contributed by atoms with van der Waals surface area (Å²) in [4.78, 5) is 21.8. The molecule has 1 aromatic rings. The molecule has 5 heteroatoms. The normalized spacial score (nSPS) is 8.57. The quantitative estimate of drug-likeness (QED) is 0.359. The molecule has 0 spiro atoms. The second-order valence-corrected chi connectivity index (χ2v) is 2.44. The zero-order valence-corrected chi connectivity index (χ0v) is 7.84. The van der Waals surface area contributed by atoms with Crippen LogP contribution in [0.2, 0.25) is 0 Å². The SMILES string of the molecule is O=CN(CC(=O)[O-])c1ccccc1.[Li+]. The molecule has 4 nitrogen and oxygen atoms in total. The molecule has 0 fully saturated rings. The van der Waals surface area contributed by atoms with E-state index < -0.39 is 12.5 Å². The standard InChI is InChI=1S/C9H9NO3.Li/c11-7-10(6-9(12)13)8-4-2-1-3-5-8;/h1-5,7H,6H2,(H,12,13);/q;+1/p-1. The van der Waals surface area contributed by atoms with Gasteiger partial charge < -0.3 is 14.8 Å². The van der Waals surface area contributed by atoms with Crippen LogP contribution < -0.4 is 28.9 Å². The van der Waals surface area contributed by atoms with E-state index in [1.807, 2.05) is 0 Å². The van der Waals surface area contributed by atoms with Gasteiger partial charge in [0.15, 0.2) is 0 Å². The van der Waals surface area contributed by atoms with E-state index in [-0.39, 0.29) is 18.9 Å². The molecule has 0 saturated heterocycles. The van der Waals surface area contributed by atoms with Gasteiger partial charge in [0.25, 0.3) is 0 Å². The molecule has 0 N–H and O–H groups in total. The van der Waals surface area contributed by atoms with Crippen LogP contribution >= 0.6 is 0 Å². The van der Waals surface area contributed by atoms with Crippen LogP contribution in [-0.2, 0) is 9.59 Å². The van der Waals surface area contributed by atoms with Crippen LogP contribution in [-0.4, -0.2) is 18.9 Å². The van der Waals surface area contributed by atoms with Gasteiger partial charge in [0.1, 0.15) is 0 Å². The number of carbonyl (C=O) groups is 2. The largest absolute Gasteiger partial charge is 1.00 e. The van der Waals surface area contributed by atoms with Crippen molar-refractivity contribution >= 4 is 18.1 Å². The van der Waals surface area contributed by atoms with E-state index in [2.05, 4.69) is 0 Å². The topological polar surface area (TPSA) is 60.4 Å². The molecule has 1 amide bonds. The van der Waals surface area contributed by atoms with Gasteiger partial charge in [-0.1, -0.05) is 18.2 Å². The zero-order valence-electron chi connectivity index (χ0n) is 7.84. The van der Waals surface area contributed by atoms with Gasteiger partial charge in [-0.05, 0) is 12.1 Å². The van der Waals surface area contributed by atoms with Crippen molar-refractivity contribution in [2.75, 3.05) is 11.4 Å². The van der Waals surface area contributed by atoms with Crippen molar-refractivity contribution < 1.29 is 33.6 Å². The molecule has 0 heterocycles. The van der Waals surface area contributed by atoms with Gasteiger partial charge in [-0.15, -0.1) is 0 Å². The van der Waals surface area contributed by atoms with Gasteiger partial charge in [-0.2, -0.15) is 0 Å². The summed E-state index contributed by atoms with van der Waals surface area (Å²) >= 11 is 0. The maximum atomic E-state index is 10.5. The van der Waals surface area contributed by atoms with Crippen molar-refractivity contribution in [3.8, 4) is 0 Å². The fourth-order valence-electron chi connectivity index (χ4n) is 0.948. The Morgan fingerprint density at radius 3 is 2.36 bits per heavy atom. The number of carboxylic acid groups (broad SMARTS) is 1. The number of amides is 1. The fourth-order valence-corrected chi connectivity index (χ4v) is 0.948. The van der Waals surface area contributed by atoms with Gasteiger partial charge in [0.2, 0.25) is 6.41 Å². The number of aliphatic carboxylic acids is 1. The molecule has 0 unspecified atom stereocenters. The van der Waals surface area contributed by atoms with E-state index in [9.17, 15) is 14.7 Å². The molecule has 0 aliphatic carbocycles. The molecule has 0 aliphatic rings. The minimum atomic E-state index is -1.28. The number of benzene rings is 1. The van der Waals surface area contributed by atoms with Crippen LogP contribution in [0.1, 0.15) is 0 Å². The van der Waals surface area contributed by atoms with E-state index in [0.29, 0.717) is 12.1 Å². The van der Waals surface area contributed by atoms with E-state index in [0.717, 1.165) is 4.90 Å². The third-order valence-electron chi connectivity index (χ3n) is 1.51. The number of anilines is 1. The molecular weight excluding hydrogens is 177 g/mol. The Balaban J connectivity index is 0.00000169. The van der Waals surface area contributed by atoms with E-state index in [4.69, 9.17) is 0 Å². The van der Waals surface area contributed by atoms with Gasteiger partial charge in [-0.25, -0.2) is 0 Å². The second-order valence-electron chi connectivity index (χ2n) is 2.44. The molecule has 0 bridgehead atoms. The van der Waals surface area contributed by atoms with Gasteiger partial charge in [0.05, 0.1) is 12.5 Å². The number of hydrogen-bond donors (Lipinski definition) is 0. The van der Waals surface area contributed by atoms with Crippen molar-refractivity contribution in [3.63, 3.8) is 0 Å². The summed E-state index contributed by atoms with van der Waals surface area (Å²) in [6.45, 7) is -0.423. The maximum absolute atomic E-state index is 10.5. The molecule has 1 rings (SSSR count). The fraction of sp³-hybridized carbons (Fsp3) is 0.111. The monoisotopic (exact) mass is 185 g/mol. The summed E-state index contributed by atoms with van der Waals surface area (Å²) in [5, 5.41) is 10.2. The van der Waals surface area contributed by atoms with Gasteiger partial charge in [-0.3, -0.25) is 4.79 Å². The third-order valence-corrected chi connectivity index (χ3v) is 1.51. The van der Waals surface area contributed by atoms with Crippen LogP contribution in [0.4, 0.5) is 5.69 Å². The average Bonchev–Trinajstić information content (AvgIpc) is 2.15. The van der Waals surface area contributed by atoms with Crippen molar-refractivity contribution in [2.45, 2.75) is 0 Å². The minimum absolute atomic E-state index is 0. The van der Waals surface area contributed by atoms with Crippen LogP contribution in [0.25, 0.3) is 0 Å². The van der Waals surface area contributed by atoms with Crippen molar-refractivity contribution in [3.05, 3.63) is 30.3 Å². The number of nitrogens with zero attached hydrogens (tertiary/aromatic N) is 1. The Bertz CT molecular complexity index is 302. The molecular formula is C9H8LiNO3. The third kappa shape index (κ3) is 3.65. The van der Waals surface area contributed by atoms with E-state index in [1.54, 1.807) is 30.3 Å². The van der Waals surface area contributed by atoms with Crippen LogP contribution in [0, 0.1) is 0 Å². The van der Waals surface area contributed by atoms with E-state index >= 15 is 0 Å². The smallest absolute Gasteiger partial charge is 0.548 e. The predicted molar refractivity (Wildman–Crippen MR) is 44.9 cm³/mol. The molecule has 0 radical (unpaired) electrons. The molecule has 0 saturated carbocycles. The number of hydrogen-bond acceptors (Lipinski definition) is 3. The van der Waals surface area contributed by atoms with Crippen LogP contribution in [0.3, 0.4) is 0 Å². The summed E-state index contributed by atoms with van der Waals surface area (Å²) in [5.41, 5.74) is 0.543. The number of rotatable bonds is 4. The average molecular weight is 185 g/mol. The first-order valence-corrected chi connectivity index (χ1v) is 3.71. The molecule has 0 aromatic heterocycles.